The molecule has 4 rings (SSSR count). The second kappa shape index (κ2) is 8.70. The van der Waals surface area contributed by atoms with E-state index in [9.17, 15) is 15.0 Å². The molecule has 0 spiro atoms. The summed E-state index contributed by atoms with van der Waals surface area (Å²) in [5.74, 6) is 0.499. The highest BCUT2D eigenvalue weighted by atomic mass is 16.3. The fourth-order valence-corrected chi connectivity index (χ4v) is 3.67. The first-order valence-corrected chi connectivity index (χ1v) is 9.89. The zero-order chi connectivity index (χ0) is 20.9. The second-order valence-electron chi connectivity index (χ2n) is 7.39. The number of hydrogen-bond donors (Lipinski definition) is 2. The van der Waals surface area contributed by atoms with Crippen LogP contribution in [0.2, 0.25) is 0 Å². The first-order chi connectivity index (χ1) is 14.6. The highest BCUT2D eigenvalue weighted by Gasteiger charge is 2.28. The zero-order valence-electron chi connectivity index (χ0n) is 16.5. The Morgan fingerprint density at radius 1 is 0.833 bits per heavy atom. The molecule has 2 N–H and O–H groups in total. The van der Waals surface area contributed by atoms with Gasteiger partial charge >= 0.3 is 0 Å². The molecule has 4 heteroatoms. The molecule has 0 aliphatic carbocycles. The number of ketones is 1. The molecule has 1 heterocycles. The number of allylic oxidation sites excluding steroid dienone is 2. The van der Waals surface area contributed by atoms with Crippen molar-refractivity contribution in [2.75, 3.05) is 0 Å². The van der Waals surface area contributed by atoms with Crippen LogP contribution in [0.25, 0.3) is 6.08 Å². The van der Waals surface area contributed by atoms with E-state index in [1.807, 2.05) is 54.6 Å². The molecule has 0 radical (unpaired) electrons. The first kappa shape index (κ1) is 19.5. The highest BCUT2D eigenvalue weighted by molar-refractivity contribution is 5.92. The van der Waals surface area contributed by atoms with Gasteiger partial charge in [-0.1, -0.05) is 60.7 Å². The molecule has 3 aromatic rings. The van der Waals surface area contributed by atoms with Crippen LogP contribution in [0.15, 0.2) is 96.7 Å². The van der Waals surface area contributed by atoms with Crippen LogP contribution in [0.3, 0.4) is 0 Å². The summed E-state index contributed by atoms with van der Waals surface area (Å²) in [7, 11) is 0. The third-order valence-corrected chi connectivity index (χ3v) is 5.22. The van der Waals surface area contributed by atoms with Crippen LogP contribution < -0.4 is 0 Å². The first-order valence-electron chi connectivity index (χ1n) is 9.89. The van der Waals surface area contributed by atoms with Gasteiger partial charge in [0.25, 0.3) is 0 Å². The van der Waals surface area contributed by atoms with Gasteiger partial charge in [-0.25, -0.2) is 0 Å². The Morgan fingerprint density at radius 2 is 1.47 bits per heavy atom. The van der Waals surface area contributed by atoms with Crippen molar-refractivity contribution < 1.29 is 15.0 Å². The molecule has 1 unspecified atom stereocenters. The summed E-state index contributed by atoms with van der Waals surface area (Å²) < 4.78 is 0. The molecule has 0 amide bonds. The highest BCUT2D eigenvalue weighted by Crippen LogP contribution is 2.35. The van der Waals surface area contributed by atoms with Gasteiger partial charge in [-0.3, -0.25) is 4.79 Å². The molecule has 0 bridgehead atoms. The summed E-state index contributed by atoms with van der Waals surface area (Å²) in [5, 5.41) is 19.2. The van der Waals surface area contributed by atoms with Crippen LogP contribution in [0.5, 0.6) is 11.5 Å². The number of carbonyl (C=O) groups excluding carboxylic acids is 1. The van der Waals surface area contributed by atoms with E-state index in [0.717, 1.165) is 22.4 Å². The number of hydrogen-bond acceptors (Lipinski definition) is 4. The monoisotopic (exact) mass is 397 g/mol. The molecule has 0 saturated carbocycles. The minimum absolute atomic E-state index is 0.0720. The summed E-state index contributed by atoms with van der Waals surface area (Å²) in [6.07, 6.45) is 5.96. The molecule has 3 aromatic carbocycles. The van der Waals surface area contributed by atoms with E-state index in [4.69, 9.17) is 0 Å². The molecule has 4 nitrogen and oxygen atoms in total. The van der Waals surface area contributed by atoms with Crippen LogP contribution in [0.4, 0.5) is 0 Å². The van der Waals surface area contributed by atoms with Crippen LogP contribution in [-0.2, 0) is 11.3 Å². The Labute approximate surface area is 176 Å². The number of rotatable bonds is 5. The quantitative estimate of drug-likeness (QED) is 0.620. The van der Waals surface area contributed by atoms with Gasteiger partial charge in [0.05, 0.1) is 6.04 Å². The summed E-state index contributed by atoms with van der Waals surface area (Å²) in [6.45, 7) is 0.658. The smallest absolute Gasteiger partial charge is 0.160 e. The van der Waals surface area contributed by atoms with Crippen molar-refractivity contribution in [1.29, 1.82) is 0 Å². The van der Waals surface area contributed by atoms with E-state index in [1.54, 1.807) is 30.3 Å². The average molecular weight is 397 g/mol. The molecule has 0 saturated heterocycles. The molecule has 1 aliphatic heterocycles. The number of aromatic hydroxyl groups is 2. The van der Waals surface area contributed by atoms with Crippen molar-refractivity contribution in [3.8, 4) is 11.5 Å². The topological polar surface area (TPSA) is 60.8 Å². The second-order valence-corrected chi connectivity index (χ2v) is 7.39. The molecular weight excluding hydrogens is 374 g/mol. The SMILES string of the molecule is O=C1C=C(/C=C/c2ccc(O)cc2)N(Cc2ccccc2)C(c2ccc(O)cc2)C1. The molecule has 1 aliphatic rings. The Hall–Kier alpha value is -3.79. The maximum absolute atomic E-state index is 12.6. The minimum Gasteiger partial charge on any atom is -0.508 e. The van der Waals surface area contributed by atoms with Gasteiger partial charge in [0.1, 0.15) is 11.5 Å². The van der Waals surface area contributed by atoms with E-state index in [-0.39, 0.29) is 23.3 Å². The van der Waals surface area contributed by atoms with Gasteiger partial charge < -0.3 is 15.1 Å². The number of carbonyl (C=O) groups is 1. The molecule has 150 valence electrons. The lowest BCUT2D eigenvalue weighted by atomic mass is 9.94. The Morgan fingerprint density at radius 3 is 2.13 bits per heavy atom. The third kappa shape index (κ3) is 4.61. The predicted octanol–water partition coefficient (Wildman–Crippen LogP) is 5.21. The zero-order valence-corrected chi connectivity index (χ0v) is 16.5. The van der Waals surface area contributed by atoms with Crippen LogP contribution >= 0.6 is 0 Å². The van der Waals surface area contributed by atoms with E-state index >= 15 is 0 Å². The van der Waals surface area contributed by atoms with Crippen molar-refractivity contribution in [2.45, 2.75) is 19.0 Å². The summed E-state index contributed by atoms with van der Waals surface area (Å²) in [4.78, 5) is 14.8. The van der Waals surface area contributed by atoms with Crippen LogP contribution in [-0.4, -0.2) is 20.9 Å². The van der Waals surface area contributed by atoms with Gasteiger partial charge in [0.15, 0.2) is 5.78 Å². The maximum Gasteiger partial charge on any atom is 0.160 e. The number of phenols is 2. The predicted molar refractivity (Wildman–Crippen MR) is 118 cm³/mol. The molecule has 30 heavy (non-hydrogen) atoms. The number of nitrogens with zero attached hydrogens (tertiary/aromatic N) is 1. The normalized spacial score (nSPS) is 16.7. The van der Waals surface area contributed by atoms with Crippen molar-refractivity contribution >= 4 is 11.9 Å². The van der Waals surface area contributed by atoms with Crippen molar-refractivity contribution in [3.63, 3.8) is 0 Å². The average Bonchev–Trinajstić information content (AvgIpc) is 2.76. The van der Waals surface area contributed by atoms with Crippen LogP contribution in [0.1, 0.15) is 29.2 Å². The van der Waals surface area contributed by atoms with Crippen molar-refractivity contribution in [2.24, 2.45) is 0 Å². The third-order valence-electron chi connectivity index (χ3n) is 5.22. The summed E-state index contributed by atoms with van der Waals surface area (Å²) >= 11 is 0. The van der Waals surface area contributed by atoms with Crippen molar-refractivity contribution in [3.05, 3.63) is 113 Å². The van der Waals surface area contributed by atoms with Gasteiger partial charge in [-0.15, -0.1) is 0 Å². The molecule has 0 aromatic heterocycles. The fourth-order valence-electron chi connectivity index (χ4n) is 3.67. The maximum atomic E-state index is 12.6. The van der Waals surface area contributed by atoms with E-state index in [1.165, 1.54) is 0 Å². The minimum atomic E-state index is -0.122. The van der Waals surface area contributed by atoms with Crippen molar-refractivity contribution in [1.82, 2.24) is 4.90 Å². The number of phenolic OH excluding ortho intramolecular Hbond substituents is 2. The Balaban J connectivity index is 1.70. The van der Waals surface area contributed by atoms with Gasteiger partial charge in [0.2, 0.25) is 0 Å². The summed E-state index contributed by atoms with van der Waals surface area (Å²) in [6, 6.07) is 24.0. The van der Waals surface area contributed by atoms with Crippen LogP contribution in [0, 0.1) is 0 Å². The standard InChI is InChI=1S/C26H23NO3/c28-23-12-7-19(8-13-23)6-11-22-16-25(30)17-26(21-9-14-24(29)15-10-21)27(22)18-20-4-2-1-3-5-20/h1-16,26,28-29H,17-18H2/b11-6+. The van der Waals surface area contributed by atoms with E-state index in [2.05, 4.69) is 17.0 Å². The summed E-state index contributed by atoms with van der Waals surface area (Å²) in [5.41, 5.74) is 3.91. The Bertz CT molecular complexity index is 1070. The molecular formula is C26H23NO3. The largest absolute Gasteiger partial charge is 0.508 e. The van der Waals surface area contributed by atoms with Gasteiger partial charge in [-0.05, 0) is 47.0 Å². The van der Waals surface area contributed by atoms with Gasteiger partial charge in [-0.2, -0.15) is 0 Å². The number of benzene rings is 3. The van der Waals surface area contributed by atoms with E-state index in [0.29, 0.717) is 13.0 Å². The van der Waals surface area contributed by atoms with E-state index < -0.39 is 0 Å². The molecule has 0 fully saturated rings. The Kier molecular flexibility index (Phi) is 5.66. The fraction of sp³-hybridized carbons (Fsp3) is 0.115. The lowest BCUT2D eigenvalue weighted by Gasteiger charge is -2.37. The van der Waals surface area contributed by atoms with Gasteiger partial charge in [0, 0.05) is 24.7 Å². The lowest BCUT2D eigenvalue weighted by Crippen LogP contribution is -2.32. The lowest BCUT2D eigenvalue weighted by molar-refractivity contribution is -0.116. The molecule has 1 atom stereocenters.